The Balaban J connectivity index is 1.72. The summed E-state index contributed by atoms with van der Waals surface area (Å²) >= 11 is 0. The fourth-order valence-electron chi connectivity index (χ4n) is 4.13. The van der Waals surface area contributed by atoms with Crippen molar-refractivity contribution in [2.45, 2.75) is 12.1 Å². The van der Waals surface area contributed by atoms with Crippen LogP contribution in [0.5, 0.6) is 0 Å². The summed E-state index contributed by atoms with van der Waals surface area (Å²) in [5.74, 6) is -3.30. The smallest absolute Gasteiger partial charge is 0.286 e. The number of nitrogens with zero attached hydrogens (tertiary/aromatic N) is 6. The van der Waals surface area contributed by atoms with Gasteiger partial charge in [-0.15, -0.1) is 0 Å². The number of carbonyl (C=O) groups excluding carboxylic acids is 4. The van der Waals surface area contributed by atoms with Crippen molar-refractivity contribution in [3.63, 3.8) is 0 Å². The monoisotopic (exact) mass is 478 g/mol. The zero-order chi connectivity index (χ0) is 25.1. The van der Waals surface area contributed by atoms with Crippen LogP contribution in [0.3, 0.4) is 0 Å². The van der Waals surface area contributed by atoms with E-state index in [-0.39, 0.29) is 11.4 Å². The van der Waals surface area contributed by atoms with Gasteiger partial charge in [-0.1, -0.05) is 60.7 Å². The Morgan fingerprint density at radius 1 is 0.611 bits per heavy atom. The lowest BCUT2D eigenvalue weighted by atomic mass is 9.92. The van der Waals surface area contributed by atoms with Crippen LogP contribution in [0.15, 0.2) is 97.8 Å². The molecule has 3 heterocycles. The maximum absolute atomic E-state index is 13.9. The SMILES string of the molecule is O=C(c1ccncn1)N1C(=O)C(c2ccccc2)N(C(=O)c2ccncn2)C(c2ccccc2)C1=O. The number of rotatable bonds is 4. The van der Waals surface area contributed by atoms with Crippen molar-refractivity contribution in [2.24, 2.45) is 0 Å². The molecule has 0 spiro atoms. The number of aromatic nitrogens is 4. The molecule has 2 atom stereocenters. The van der Waals surface area contributed by atoms with E-state index in [0.29, 0.717) is 16.0 Å². The van der Waals surface area contributed by atoms with Crippen molar-refractivity contribution in [3.05, 3.63) is 120 Å². The maximum atomic E-state index is 13.9. The third-order valence-electron chi connectivity index (χ3n) is 5.74. The Morgan fingerprint density at radius 2 is 1.06 bits per heavy atom. The van der Waals surface area contributed by atoms with Crippen LogP contribution in [0.4, 0.5) is 0 Å². The van der Waals surface area contributed by atoms with E-state index in [2.05, 4.69) is 19.9 Å². The number of carbonyl (C=O) groups is 4. The van der Waals surface area contributed by atoms with Gasteiger partial charge in [0, 0.05) is 12.4 Å². The van der Waals surface area contributed by atoms with Gasteiger partial charge in [0.1, 0.15) is 36.1 Å². The Kier molecular flexibility index (Phi) is 6.06. The zero-order valence-electron chi connectivity index (χ0n) is 18.7. The summed E-state index contributed by atoms with van der Waals surface area (Å²) in [5.41, 5.74) is 0.738. The molecule has 0 radical (unpaired) electrons. The normalized spacial score (nSPS) is 17.7. The predicted molar refractivity (Wildman–Crippen MR) is 125 cm³/mol. The number of amides is 4. The number of hydrogen-bond acceptors (Lipinski definition) is 8. The molecule has 1 saturated heterocycles. The van der Waals surface area contributed by atoms with Crippen LogP contribution in [0, 0.1) is 0 Å². The van der Waals surface area contributed by atoms with E-state index >= 15 is 0 Å². The molecule has 1 aliphatic rings. The first-order chi connectivity index (χ1) is 17.6. The molecular weight excluding hydrogens is 460 g/mol. The second-order valence-electron chi connectivity index (χ2n) is 7.85. The second kappa shape index (κ2) is 9.63. The number of benzene rings is 2. The van der Waals surface area contributed by atoms with Crippen molar-refractivity contribution >= 4 is 23.6 Å². The van der Waals surface area contributed by atoms with Gasteiger partial charge >= 0.3 is 0 Å². The minimum atomic E-state index is -1.29. The van der Waals surface area contributed by atoms with Gasteiger partial charge in [-0.05, 0) is 23.3 Å². The van der Waals surface area contributed by atoms with Crippen LogP contribution in [0.25, 0.3) is 0 Å². The van der Waals surface area contributed by atoms with Gasteiger partial charge in [-0.3, -0.25) is 19.2 Å². The topological polar surface area (TPSA) is 126 Å². The number of imide groups is 3. The Labute approximate surface area is 205 Å². The molecule has 0 bridgehead atoms. The fraction of sp³-hybridized carbons (Fsp3) is 0.0769. The lowest BCUT2D eigenvalue weighted by Gasteiger charge is -2.43. The zero-order valence-corrected chi connectivity index (χ0v) is 18.7. The van der Waals surface area contributed by atoms with Crippen LogP contribution in [0.1, 0.15) is 44.2 Å². The minimum absolute atomic E-state index is 0.00281. The van der Waals surface area contributed by atoms with Gasteiger partial charge in [0.15, 0.2) is 0 Å². The van der Waals surface area contributed by atoms with Crippen molar-refractivity contribution in [2.75, 3.05) is 0 Å². The lowest BCUT2D eigenvalue weighted by molar-refractivity contribution is -0.155. The van der Waals surface area contributed by atoms with Crippen molar-refractivity contribution < 1.29 is 19.2 Å². The first-order valence-electron chi connectivity index (χ1n) is 10.9. The van der Waals surface area contributed by atoms with Crippen molar-refractivity contribution in [1.29, 1.82) is 0 Å². The highest BCUT2D eigenvalue weighted by Crippen LogP contribution is 2.39. The third kappa shape index (κ3) is 4.00. The van der Waals surface area contributed by atoms with E-state index in [1.807, 2.05) is 0 Å². The quantitative estimate of drug-likeness (QED) is 0.409. The largest absolute Gasteiger partial charge is 0.305 e. The molecule has 5 rings (SSSR count). The first kappa shape index (κ1) is 22.7. The predicted octanol–water partition coefficient (Wildman–Crippen LogP) is 2.40. The molecule has 0 aliphatic carbocycles. The summed E-state index contributed by atoms with van der Waals surface area (Å²) in [5, 5.41) is 0. The lowest BCUT2D eigenvalue weighted by Crippen LogP contribution is -2.60. The summed E-state index contributed by atoms with van der Waals surface area (Å²) in [6.45, 7) is 0. The number of piperazine rings is 1. The summed E-state index contributed by atoms with van der Waals surface area (Å²) < 4.78 is 0. The summed E-state index contributed by atoms with van der Waals surface area (Å²) in [6.07, 6.45) is 5.10. The Hall–Kier alpha value is -5.12. The standard InChI is InChI=1S/C26H18N6O4/c33-23(19-11-13-27-15-29-19)31-21(17-7-3-1-4-8-17)25(35)32(24(34)20-12-14-28-16-30-20)26(36)22(31)18-9-5-2-6-10-18/h1-16,21-22H. The van der Waals surface area contributed by atoms with Gasteiger partial charge in [0.2, 0.25) is 0 Å². The highest BCUT2D eigenvalue weighted by molar-refractivity contribution is 6.21. The van der Waals surface area contributed by atoms with Gasteiger partial charge in [-0.2, -0.15) is 0 Å². The average Bonchev–Trinajstić information content (AvgIpc) is 2.94. The van der Waals surface area contributed by atoms with Crippen molar-refractivity contribution in [1.82, 2.24) is 29.7 Å². The van der Waals surface area contributed by atoms with Crippen LogP contribution >= 0.6 is 0 Å². The molecule has 1 fully saturated rings. The van der Waals surface area contributed by atoms with Crippen LogP contribution in [-0.4, -0.2) is 53.4 Å². The van der Waals surface area contributed by atoms with E-state index in [1.165, 1.54) is 35.8 Å². The highest BCUT2D eigenvalue weighted by atomic mass is 16.2. The second-order valence-corrected chi connectivity index (χ2v) is 7.85. The van der Waals surface area contributed by atoms with E-state index in [1.54, 1.807) is 60.7 Å². The van der Waals surface area contributed by atoms with E-state index in [9.17, 15) is 19.2 Å². The third-order valence-corrected chi connectivity index (χ3v) is 5.74. The molecule has 10 heteroatoms. The molecule has 4 amide bonds. The van der Waals surface area contributed by atoms with Crippen LogP contribution in [-0.2, 0) is 9.59 Å². The molecule has 10 nitrogen and oxygen atoms in total. The van der Waals surface area contributed by atoms with Gasteiger partial charge in [0.05, 0.1) is 0 Å². The maximum Gasteiger partial charge on any atom is 0.286 e. The van der Waals surface area contributed by atoms with Gasteiger partial charge in [-0.25, -0.2) is 24.8 Å². The molecule has 176 valence electrons. The Bertz CT molecular complexity index is 1360. The molecule has 4 aromatic rings. The molecule has 2 unspecified atom stereocenters. The first-order valence-corrected chi connectivity index (χ1v) is 10.9. The minimum Gasteiger partial charge on any atom is -0.305 e. The molecule has 36 heavy (non-hydrogen) atoms. The number of hydrogen-bond donors (Lipinski definition) is 0. The molecule has 0 saturated carbocycles. The average molecular weight is 478 g/mol. The van der Waals surface area contributed by atoms with E-state index in [0.717, 1.165) is 6.33 Å². The molecule has 2 aromatic heterocycles. The van der Waals surface area contributed by atoms with Crippen LogP contribution < -0.4 is 0 Å². The van der Waals surface area contributed by atoms with Gasteiger partial charge < -0.3 is 4.90 Å². The fourth-order valence-corrected chi connectivity index (χ4v) is 4.13. The molecule has 2 aromatic carbocycles. The van der Waals surface area contributed by atoms with Crippen molar-refractivity contribution in [3.8, 4) is 0 Å². The van der Waals surface area contributed by atoms with Crippen LogP contribution in [0.2, 0.25) is 0 Å². The van der Waals surface area contributed by atoms with E-state index in [4.69, 9.17) is 0 Å². The summed E-state index contributed by atoms with van der Waals surface area (Å²) in [6, 6.07) is 17.1. The van der Waals surface area contributed by atoms with Gasteiger partial charge in [0.25, 0.3) is 23.6 Å². The van der Waals surface area contributed by atoms with E-state index < -0.39 is 35.7 Å². The summed E-state index contributed by atoms with van der Waals surface area (Å²) in [4.78, 5) is 72.3. The summed E-state index contributed by atoms with van der Waals surface area (Å²) in [7, 11) is 0. The molecule has 0 N–H and O–H groups in total. The molecule has 1 aliphatic heterocycles. The molecular formula is C26H18N6O4. The Morgan fingerprint density at radius 3 is 1.47 bits per heavy atom. The highest BCUT2D eigenvalue weighted by Gasteiger charge is 2.52.